The summed E-state index contributed by atoms with van der Waals surface area (Å²) in [6.07, 6.45) is 4.32. The van der Waals surface area contributed by atoms with Crippen LogP contribution in [0.15, 0.2) is 29.2 Å². The van der Waals surface area contributed by atoms with E-state index in [1.807, 2.05) is 0 Å². The van der Waals surface area contributed by atoms with Crippen molar-refractivity contribution in [2.75, 3.05) is 11.4 Å². The second-order valence-electron chi connectivity index (χ2n) is 7.76. The number of anilines is 1. The summed E-state index contributed by atoms with van der Waals surface area (Å²) < 4.78 is 23.1. The molecular formula is C18H25ClN4O4S. The molecule has 4 rings (SSSR count). The summed E-state index contributed by atoms with van der Waals surface area (Å²) in [5.41, 5.74) is 0.446. The van der Waals surface area contributed by atoms with Gasteiger partial charge in [-0.3, -0.25) is 9.59 Å². The number of hydrogen-bond donors (Lipinski definition) is 3. The minimum absolute atomic E-state index is 0. The second kappa shape index (κ2) is 7.98. The molecule has 154 valence electrons. The van der Waals surface area contributed by atoms with Crippen LogP contribution in [0.25, 0.3) is 0 Å². The third-order valence-electron chi connectivity index (χ3n) is 5.77. The van der Waals surface area contributed by atoms with Crippen molar-refractivity contribution in [3.63, 3.8) is 0 Å². The maximum absolute atomic E-state index is 12.7. The van der Waals surface area contributed by atoms with Gasteiger partial charge in [-0.2, -0.15) is 0 Å². The minimum Gasteiger partial charge on any atom is -0.353 e. The smallest absolute Gasteiger partial charge is 0.238 e. The van der Waals surface area contributed by atoms with E-state index in [0.29, 0.717) is 17.8 Å². The molecule has 3 aliphatic heterocycles. The van der Waals surface area contributed by atoms with Crippen LogP contribution in [0.1, 0.15) is 32.1 Å². The number of nitrogens with zero attached hydrogens (tertiary/aromatic N) is 1. The Hall–Kier alpha value is -1.68. The summed E-state index contributed by atoms with van der Waals surface area (Å²) in [4.78, 5) is 26.5. The zero-order valence-electron chi connectivity index (χ0n) is 15.3. The summed E-state index contributed by atoms with van der Waals surface area (Å²) in [5.74, 6) is -0.713. The summed E-state index contributed by atoms with van der Waals surface area (Å²) in [6.45, 7) is 0.247. The Labute approximate surface area is 170 Å². The van der Waals surface area contributed by atoms with Crippen molar-refractivity contribution in [2.45, 2.75) is 55.1 Å². The van der Waals surface area contributed by atoms with Crippen LogP contribution >= 0.6 is 12.4 Å². The van der Waals surface area contributed by atoms with Gasteiger partial charge in [0.25, 0.3) is 0 Å². The van der Waals surface area contributed by atoms with Gasteiger partial charge in [-0.1, -0.05) is 6.07 Å². The Morgan fingerprint density at radius 2 is 1.89 bits per heavy atom. The van der Waals surface area contributed by atoms with Crippen LogP contribution in [-0.2, 0) is 19.6 Å². The molecule has 3 heterocycles. The molecule has 4 N–H and O–H groups in total. The van der Waals surface area contributed by atoms with E-state index in [1.165, 1.54) is 17.0 Å². The Balaban J connectivity index is 0.00000225. The van der Waals surface area contributed by atoms with Crippen LogP contribution < -0.4 is 20.7 Å². The zero-order chi connectivity index (χ0) is 19.2. The Morgan fingerprint density at radius 1 is 1.21 bits per heavy atom. The lowest BCUT2D eigenvalue weighted by Crippen LogP contribution is -2.49. The number of carbonyl (C=O) groups excluding carboxylic acids is 2. The van der Waals surface area contributed by atoms with Gasteiger partial charge < -0.3 is 15.5 Å². The molecule has 3 aliphatic rings. The van der Waals surface area contributed by atoms with E-state index in [4.69, 9.17) is 5.14 Å². The molecule has 0 saturated carbocycles. The van der Waals surface area contributed by atoms with E-state index in [-0.39, 0.29) is 48.1 Å². The van der Waals surface area contributed by atoms with Crippen molar-refractivity contribution in [1.29, 1.82) is 0 Å². The maximum Gasteiger partial charge on any atom is 0.238 e. The van der Waals surface area contributed by atoms with E-state index in [9.17, 15) is 18.0 Å². The normalized spacial score (nSPS) is 29.5. The largest absolute Gasteiger partial charge is 0.353 e. The van der Waals surface area contributed by atoms with Gasteiger partial charge >= 0.3 is 0 Å². The number of halogens is 1. The molecule has 1 aromatic carbocycles. The van der Waals surface area contributed by atoms with Crippen molar-refractivity contribution in [2.24, 2.45) is 11.1 Å². The number of piperidine rings is 1. The molecular weight excluding hydrogens is 404 g/mol. The number of sulfonamides is 1. The molecule has 8 nitrogen and oxygen atoms in total. The first kappa shape index (κ1) is 21.0. The highest BCUT2D eigenvalue weighted by atomic mass is 35.5. The van der Waals surface area contributed by atoms with Crippen molar-refractivity contribution in [1.82, 2.24) is 10.6 Å². The van der Waals surface area contributed by atoms with Gasteiger partial charge in [0.05, 0.1) is 10.8 Å². The Morgan fingerprint density at radius 3 is 2.54 bits per heavy atom. The van der Waals surface area contributed by atoms with Crippen LogP contribution in [0.5, 0.6) is 0 Å². The van der Waals surface area contributed by atoms with Gasteiger partial charge in [0, 0.05) is 36.8 Å². The highest BCUT2D eigenvalue weighted by Crippen LogP contribution is 2.29. The highest BCUT2D eigenvalue weighted by molar-refractivity contribution is 7.89. The van der Waals surface area contributed by atoms with E-state index in [1.54, 1.807) is 12.1 Å². The fourth-order valence-electron chi connectivity index (χ4n) is 4.46. The molecule has 28 heavy (non-hydrogen) atoms. The molecule has 2 bridgehead atoms. The Bertz CT molecular complexity index is 866. The minimum atomic E-state index is -3.85. The van der Waals surface area contributed by atoms with E-state index >= 15 is 0 Å². The zero-order valence-corrected chi connectivity index (χ0v) is 17.0. The summed E-state index contributed by atoms with van der Waals surface area (Å²) in [6, 6.07) is 7.07. The number of benzene rings is 1. The van der Waals surface area contributed by atoms with Crippen molar-refractivity contribution in [3.05, 3.63) is 24.3 Å². The van der Waals surface area contributed by atoms with Crippen LogP contribution in [0.2, 0.25) is 0 Å². The molecule has 3 atom stereocenters. The predicted octanol–water partition coefficient (Wildman–Crippen LogP) is 0.508. The fraction of sp³-hybridized carbons (Fsp3) is 0.556. The number of rotatable bonds is 4. The number of nitrogens with two attached hydrogens (primary N) is 1. The number of amides is 2. The van der Waals surface area contributed by atoms with Gasteiger partial charge in [-0.05, 0) is 43.9 Å². The van der Waals surface area contributed by atoms with Gasteiger partial charge in [0.15, 0.2) is 0 Å². The third-order valence-corrected chi connectivity index (χ3v) is 6.68. The molecule has 0 aromatic heterocycles. The van der Waals surface area contributed by atoms with E-state index in [2.05, 4.69) is 10.6 Å². The number of nitrogens with one attached hydrogen (secondary N) is 2. The number of carbonyl (C=O) groups is 2. The van der Waals surface area contributed by atoms with Crippen LogP contribution in [0.3, 0.4) is 0 Å². The first-order valence-electron chi connectivity index (χ1n) is 9.29. The molecule has 3 unspecified atom stereocenters. The van der Waals surface area contributed by atoms with Crippen LogP contribution in [0.4, 0.5) is 5.69 Å². The molecule has 3 saturated heterocycles. The predicted molar refractivity (Wildman–Crippen MR) is 107 cm³/mol. The number of hydrogen-bond acceptors (Lipinski definition) is 5. The molecule has 0 aliphatic carbocycles. The molecule has 3 fully saturated rings. The Kier molecular flexibility index (Phi) is 6.00. The highest BCUT2D eigenvalue weighted by Gasteiger charge is 2.38. The van der Waals surface area contributed by atoms with Crippen LogP contribution in [-0.4, -0.2) is 44.9 Å². The lowest BCUT2D eigenvalue weighted by Gasteiger charge is -2.30. The average Bonchev–Trinajstić information content (AvgIpc) is 3.16. The number of primary sulfonamides is 1. The summed E-state index contributed by atoms with van der Waals surface area (Å²) in [5, 5.41) is 11.8. The van der Waals surface area contributed by atoms with Gasteiger partial charge in [-0.15, -0.1) is 12.4 Å². The van der Waals surface area contributed by atoms with Crippen LogP contribution in [0, 0.1) is 5.92 Å². The fourth-order valence-corrected chi connectivity index (χ4v) is 5.01. The van der Waals surface area contributed by atoms with Crippen molar-refractivity contribution < 1.29 is 18.0 Å². The van der Waals surface area contributed by atoms with Crippen molar-refractivity contribution in [3.8, 4) is 0 Å². The lowest BCUT2D eigenvalue weighted by atomic mass is 9.98. The standard InChI is InChI=1S/C18H24N4O4S.ClH/c19-27(25,26)16-3-1-2-15(9-16)22-10-11(6-17(22)23)18(24)21-14-7-12-4-5-13(8-14)20-12;/h1-3,9,11-14,20H,4-8,10H2,(H,21,24)(H2,19,25,26);1H. The molecule has 2 amide bonds. The maximum atomic E-state index is 12.7. The van der Waals surface area contributed by atoms with Crippen molar-refractivity contribution >= 4 is 39.9 Å². The van der Waals surface area contributed by atoms with E-state index in [0.717, 1.165) is 25.7 Å². The molecule has 0 radical (unpaired) electrons. The molecule has 10 heteroatoms. The molecule has 0 spiro atoms. The second-order valence-corrected chi connectivity index (χ2v) is 9.32. The lowest BCUT2D eigenvalue weighted by molar-refractivity contribution is -0.127. The summed E-state index contributed by atoms with van der Waals surface area (Å²) in [7, 11) is -3.85. The molecule has 1 aromatic rings. The SMILES string of the molecule is Cl.NS(=O)(=O)c1cccc(N2CC(C(=O)NC3CC4CCC(C3)N4)CC2=O)c1. The van der Waals surface area contributed by atoms with Gasteiger partial charge in [-0.25, -0.2) is 13.6 Å². The average molecular weight is 429 g/mol. The first-order valence-corrected chi connectivity index (χ1v) is 10.8. The number of fused-ring (bicyclic) bond motifs is 2. The summed E-state index contributed by atoms with van der Waals surface area (Å²) >= 11 is 0. The third kappa shape index (κ3) is 4.32. The topological polar surface area (TPSA) is 122 Å². The first-order chi connectivity index (χ1) is 12.8. The van der Waals surface area contributed by atoms with Gasteiger partial charge in [0.1, 0.15) is 0 Å². The monoisotopic (exact) mass is 428 g/mol. The van der Waals surface area contributed by atoms with Gasteiger partial charge in [0.2, 0.25) is 21.8 Å². The quantitative estimate of drug-likeness (QED) is 0.645. The van der Waals surface area contributed by atoms with E-state index < -0.39 is 15.9 Å².